The number of carbonyl (C=O) groups is 2. The van der Waals surface area contributed by atoms with E-state index in [0.717, 1.165) is 31.9 Å². The lowest BCUT2D eigenvalue weighted by Gasteiger charge is -2.27. The molecule has 0 atom stereocenters. The molecule has 1 saturated heterocycles. The minimum absolute atomic E-state index is 0.111. The Morgan fingerprint density at radius 3 is 2.29 bits per heavy atom. The van der Waals surface area contributed by atoms with E-state index in [4.69, 9.17) is 4.74 Å². The van der Waals surface area contributed by atoms with Gasteiger partial charge in [-0.1, -0.05) is 18.2 Å². The van der Waals surface area contributed by atoms with Gasteiger partial charge in [0.25, 0.3) is 11.8 Å². The van der Waals surface area contributed by atoms with Gasteiger partial charge in [0.15, 0.2) is 0 Å². The second-order valence-corrected chi connectivity index (χ2v) is 6.60. The number of nitrogens with zero attached hydrogens (tertiary/aromatic N) is 1. The second-order valence-electron chi connectivity index (χ2n) is 6.60. The Kier molecular flexibility index (Phi) is 7.00. The number of phenolic OH excluding ortho intramolecular Hbond substituents is 1. The van der Waals surface area contributed by atoms with Crippen LogP contribution < -0.4 is 10.6 Å². The Labute approximate surface area is 164 Å². The summed E-state index contributed by atoms with van der Waals surface area (Å²) in [5.74, 6) is -0.288. The average Bonchev–Trinajstić information content (AvgIpc) is 2.72. The van der Waals surface area contributed by atoms with Crippen LogP contribution in [-0.2, 0) is 11.3 Å². The van der Waals surface area contributed by atoms with E-state index in [-0.39, 0.29) is 17.6 Å². The summed E-state index contributed by atoms with van der Waals surface area (Å²) in [6, 6.07) is 13.6. The molecule has 148 valence electrons. The minimum atomic E-state index is -0.248. The van der Waals surface area contributed by atoms with Crippen LogP contribution in [-0.4, -0.2) is 61.2 Å². The summed E-state index contributed by atoms with van der Waals surface area (Å²) < 4.78 is 5.37. The number of hydrogen-bond donors (Lipinski definition) is 3. The van der Waals surface area contributed by atoms with Crippen LogP contribution >= 0.6 is 0 Å². The molecule has 1 heterocycles. The first-order valence-electron chi connectivity index (χ1n) is 9.37. The van der Waals surface area contributed by atoms with Crippen LogP contribution in [0.2, 0.25) is 0 Å². The number of nitrogens with one attached hydrogen (secondary N) is 2. The van der Waals surface area contributed by atoms with Crippen LogP contribution in [0.3, 0.4) is 0 Å². The first kappa shape index (κ1) is 19.9. The molecule has 0 bridgehead atoms. The van der Waals surface area contributed by atoms with E-state index >= 15 is 0 Å². The monoisotopic (exact) mass is 383 g/mol. The van der Waals surface area contributed by atoms with Gasteiger partial charge in [0.2, 0.25) is 0 Å². The highest BCUT2D eigenvalue weighted by Gasteiger charge is 2.15. The van der Waals surface area contributed by atoms with Crippen LogP contribution in [0, 0.1) is 0 Å². The van der Waals surface area contributed by atoms with Crippen molar-refractivity contribution in [1.29, 1.82) is 0 Å². The van der Waals surface area contributed by atoms with Gasteiger partial charge in [-0.15, -0.1) is 0 Å². The molecule has 2 aromatic rings. The van der Waals surface area contributed by atoms with Crippen molar-refractivity contribution in [3.05, 3.63) is 65.2 Å². The number of ether oxygens (including phenoxy) is 1. The standard InChI is InChI=1S/C21H25N3O4/c25-18-7-5-16(6-8-18)20(26)22-9-10-23-21(27)19-4-2-1-3-17(19)15-24-11-13-28-14-12-24/h1-8,25H,9-15H2,(H,22,26)(H,23,27). The maximum atomic E-state index is 12.6. The lowest BCUT2D eigenvalue weighted by molar-refractivity contribution is 0.0340. The van der Waals surface area contributed by atoms with Gasteiger partial charge in [-0.2, -0.15) is 0 Å². The molecule has 0 radical (unpaired) electrons. The van der Waals surface area contributed by atoms with Crippen molar-refractivity contribution in [3.8, 4) is 5.75 Å². The lowest BCUT2D eigenvalue weighted by Crippen LogP contribution is -2.37. The molecule has 0 aromatic heterocycles. The quantitative estimate of drug-likeness (QED) is 0.629. The van der Waals surface area contributed by atoms with Gasteiger partial charge in [0.05, 0.1) is 13.2 Å². The summed E-state index contributed by atoms with van der Waals surface area (Å²) in [6.45, 7) is 4.51. The molecule has 2 amide bonds. The highest BCUT2D eigenvalue weighted by Crippen LogP contribution is 2.13. The Morgan fingerprint density at radius 2 is 1.57 bits per heavy atom. The Balaban J connectivity index is 1.48. The molecule has 1 aliphatic heterocycles. The predicted molar refractivity (Wildman–Crippen MR) is 105 cm³/mol. The van der Waals surface area contributed by atoms with Crippen LogP contribution in [0.15, 0.2) is 48.5 Å². The molecule has 28 heavy (non-hydrogen) atoms. The van der Waals surface area contributed by atoms with Gasteiger partial charge in [0, 0.05) is 43.9 Å². The molecule has 1 fully saturated rings. The van der Waals surface area contributed by atoms with E-state index in [1.165, 1.54) is 12.1 Å². The summed E-state index contributed by atoms with van der Waals surface area (Å²) in [5, 5.41) is 14.9. The molecule has 0 unspecified atom stereocenters. The fourth-order valence-corrected chi connectivity index (χ4v) is 3.04. The number of hydrogen-bond acceptors (Lipinski definition) is 5. The first-order valence-corrected chi connectivity index (χ1v) is 9.37. The zero-order valence-electron chi connectivity index (χ0n) is 15.7. The van der Waals surface area contributed by atoms with Crippen molar-refractivity contribution < 1.29 is 19.4 Å². The first-order chi connectivity index (χ1) is 13.6. The molecule has 0 aliphatic carbocycles. The summed E-state index contributed by atoms with van der Waals surface area (Å²) in [6.07, 6.45) is 0. The summed E-state index contributed by atoms with van der Waals surface area (Å²) in [5.41, 5.74) is 2.09. The SMILES string of the molecule is O=C(NCCNC(=O)c1ccccc1CN1CCOCC1)c1ccc(O)cc1. The van der Waals surface area contributed by atoms with Crippen molar-refractivity contribution in [3.63, 3.8) is 0 Å². The van der Waals surface area contributed by atoms with Gasteiger partial charge in [0.1, 0.15) is 5.75 Å². The molecular weight excluding hydrogens is 358 g/mol. The summed E-state index contributed by atoms with van der Waals surface area (Å²) >= 11 is 0. The van der Waals surface area contributed by atoms with Crippen molar-refractivity contribution in [2.45, 2.75) is 6.54 Å². The fraction of sp³-hybridized carbons (Fsp3) is 0.333. The van der Waals surface area contributed by atoms with Gasteiger partial charge in [-0.3, -0.25) is 14.5 Å². The molecule has 7 nitrogen and oxygen atoms in total. The van der Waals surface area contributed by atoms with E-state index in [1.807, 2.05) is 24.3 Å². The average molecular weight is 383 g/mol. The number of benzene rings is 2. The third-order valence-corrected chi connectivity index (χ3v) is 4.59. The smallest absolute Gasteiger partial charge is 0.251 e. The van der Waals surface area contributed by atoms with Crippen LogP contribution in [0.4, 0.5) is 0 Å². The summed E-state index contributed by atoms with van der Waals surface area (Å²) in [4.78, 5) is 26.9. The highest BCUT2D eigenvalue weighted by atomic mass is 16.5. The van der Waals surface area contributed by atoms with Gasteiger partial charge in [-0.05, 0) is 35.9 Å². The van der Waals surface area contributed by atoms with E-state index < -0.39 is 0 Å². The fourth-order valence-electron chi connectivity index (χ4n) is 3.04. The Hall–Kier alpha value is -2.90. The van der Waals surface area contributed by atoms with E-state index in [1.54, 1.807) is 12.1 Å². The van der Waals surface area contributed by atoms with Crippen molar-refractivity contribution in [2.75, 3.05) is 39.4 Å². The number of morpholine rings is 1. The maximum Gasteiger partial charge on any atom is 0.251 e. The van der Waals surface area contributed by atoms with Gasteiger partial charge >= 0.3 is 0 Å². The molecule has 2 aromatic carbocycles. The topological polar surface area (TPSA) is 90.9 Å². The van der Waals surface area contributed by atoms with Gasteiger partial charge < -0.3 is 20.5 Å². The van der Waals surface area contributed by atoms with Crippen molar-refractivity contribution in [2.24, 2.45) is 0 Å². The third-order valence-electron chi connectivity index (χ3n) is 4.59. The van der Waals surface area contributed by atoms with E-state index in [2.05, 4.69) is 15.5 Å². The number of carbonyl (C=O) groups excluding carboxylic acids is 2. The number of rotatable bonds is 7. The van der Waals surface area contributed by atoms with E-state index in [0.29, 0.717) is 30.8 Å². The maximum absolute atomic E-state index is 12.6. The Morgan fingerprint density at radius 1 is 0.929 bits per heavy atom. The molecule has 3 rings (SSSR count). The minimum Gasteiger partial charge on any atom is -0.508 e. The van der Waals surface area contributed by atoms with Crippen LogP contribution in [0.1, 0.15) is 26.3 Å². The summed E-state index contributed by atoms with van der Waals surface area (Å²) in [7, 11) is 0. The zero-order valence-corrected chi connectivity index (χ0v) is 15.7. The number of phenols is 1. The zero-order chi connectivity index (χ0) is 19.8. The molecule has 7 heteroatoms. The van der Waals surface area contributed by atoms with Crippen LogP contribution in [0.5, 0.6) is 5.75 Å². The largest absolute Gasteiger partial charge is 0.508 e. The van der Waals surface area contributed by atoms with Crippen LogP contribution in [0.25, 0.3) is 0 Å². The third kappa shape index (κ3) is 5.55. The number of amides is 2. The molecule has 3 N–H and O–H groups in total. The van der Waals surface area contributed by atoms with E-state index in [9.17, 15) is 14.7 Å². The predicted octanol–water partition coefficient (Wildman–Crippen LogP) is 1.38. The molecule has 0 saturated carbocycles. The number of aromatic hydroxyl groups is 1. The Bertz CT molecular complexity index is 802. The molecule has 1 aliphatic rings. The second kappa shape index (κ2) is 9.87. The van der Waals surface area contributed by atoms with Crippen molar-refractivity contribution >= 4 is 11.8 Å². The normalized spacial score (nSPS) is 14.4. The lowest BCUT2D eigenvalue weighted by atomic mass is 10.1. The van der Waals surface area contributed by atoms with Gasteiger partial charge in [-0.25, -0.2) is 0 Å². The molecular formula is C21H25N3O4. The van der Waals surface area contributed by atoms with Crippen molar-refractivity contribution in [1.82, 2.24) is 15.5 Å². The molecule has 0 spiro atoms. The highest BCUT2D eigenvalue weighted by molar-refractivity contribution is 5.96.